The fraction of sp³-hybridized carbons (Fsp3) is 0.529. The Morgan fingerprint density at radius 2 is 2.00 bits per heavy atom. The van der Waals surface area contributed by atoms with Crippen molar-refractivity contribution in [2.45, 2.75) is 53.3 Å². The molecule has 0 aliphatic carbocycles. The van der Waals surface area contributed by atoms with Crippen molar-refractivity contribution >= 4 is 17.1 Å². The quantitative estimate of drug-likeness (QED) is 0.936. The minimum atomic E-state index is -0.498. The van der Waals surface area contributed by atoms with Crippen molar-refractivity contribution in [3.8, 4) is 0 Å². The second-order valence-corrected chi connectivity index (χ2v) is 6.88. The maximum absolute atomic E-state index is 11.8. The summed E-state index contributed by atoms with van der Waals surface area (Å²) in [6.07, 6.45) is -0.421. The molecule has 0 unspecified atom stereocenters. The smallest absolute Gasteiger partial charge is 0.408 e. The SMILES string of the molecule is CC(C)Cn1c(CNC(=O)OC(C)(C)C)nc2ccccc21. The van der Waals surface area contributed by atoms with Crippen molar-refractivity contribution in [2.24, 2.45) is 5.92 Å². The minimum Gasteiger partial charge on any atom is -0.444 e. The molecule has 0 saturated heterocycles. The van der Waals surface area contributed by atoms with E-state index in [2.05, 4.69) is 34.8 Å². The molecule has 5 heteroatoms. The van der Waals surface area contributed by atoms with Gasteiger partial charge in [-0.2, -0.15) is 0 Å². The van der Waals surface area contributed by atoms with Crippen LogP contribution in [-0.2, 0) is 17.8 Å². The van der Waals surface area contributed by atoms with E-state index in [0.29, 0.717) is 12.5 Å². The maximum atomic E-state index is 11.8. The largest absolute Gasteiger partial charge is 0.444 e. The molecule has 1 amide bonds. The molecule has 22 heavy (non-hydrogen) atoms. The molecule has 0 saturated carbocycles. The van der Waals surface area contributed by atoms with E-state index < -0.39 is 11.7 Å². The Bertz CT molecular complexity index is 653. The normalized spacial score (nSPS) is 11.9. The zero-order chi connectivity index (χ0) is 16.3. The van der Waals surface area contributed by atoms with Crippen LogP contribution < -0.4 is 5.32 Å². The van der Waals surface area contributed by atoms with Crippen LogP contribution in [0, 0.1) is 5.92 Å². The number of amides is 1. The molecule has 2 aromatic rings. The van der Waals surface area contributed by atoms with Crippen molar-refractivity contribution in [3.63, 3.8) is 0 Å². The highest BCUT2D eigenvalue weighted by atomic mass is 16.6. The van der Waals surface area contributed by atoms with Gasteiger partial charge in [0.05, 0.1) is 17.6 Å². The first-order chi connectivity index (χ1) is 10.3. The van der Waals surface area contributed by atoms with E-state index in [1.807, 2.05) is 39.0 Å². The number of nitrogens with zero attached hydrogens (tertiary/aromatic N) is 2. The zero-order valence-corrected chi connectivity index (χ0v) is 14.0. The third kappa shape index (κ3) is 4.23. The van der Waals surface area contributed by atoms with Crippen molar-refractivity contribution < 1.29 is 9.53 Å². The van der Waals surface area contributed by atoms with Gasteiger partial charge in [-0.3, -0.25) is 0 Å². The van der Waals surface area contributed by atoms with Crippen LogP contribution in [0.5, 0.6) is 0 Å². The Labute approximate surface area is 131 Å². The molecule has 0 aliphatic rings. The number of para-hydroxylation sites is 2. The lowest BCUT2D eigenvalue weighted by Crippen LogP contribution is -2.32. The predicted molar refractivity (Wildman–Crippen MR) is 87.6 cm³/mol. The number of aromatic nitrogens is 2. The number of imidazole rings is 1. The van der Waals surface area contributed by atoms with Crippen molar-refractivity contribution in [3.05, 3.63) is 30.1 Å². The van der Waals surface area contributed by atoms with E-state index in [9.17, 15) is 4.79 Å². The van der Waals surface area contributed by atoms with Crippen LogP contribution in [0.3, 0.4) is 0 Å². The van der Waals surface area contributed by atoms with Gasteiger partial charge in [0.25, 0.3) is 0 Å². The number of carbonyl (C=O) groups excluding carboxylic acids is 1. The summed E-state index contributed by atoms with van der Waals surface area (Å²) in [5.41, 5.74) is 1.55. The average Bonchev–Trinajstić information content (AvgIpc) is 2.72. The van der Waals surface area contributed by atoms with Crippen molar-refractivity contribution in [2.75, 3.05) is 0 Å². The van der Waals surface area contributed by atoms with E-state index in [-0.39, 0.29) is 0 Å². The van der Waals surface area contributed by atoms with Gasteiger partial charge in [-0.1, -0.05) is 26.0 Å². The fourth-order valence-electron chi connectivity index (χ4n) is 2.29. The molecular formula is C17H25N3O2. The highest BCUT2D eigenvalue weighted by Gasteiger charge is 2.17. The van der Waals surface area contributed by atoms with Crippen LogP contribution in [-0.4, -0.2) is 21.2 Å². The van der Waals surface area contributed by atoms with Crippen molar-refractivity contribution in [1.82, 2.24) is 14.9 Å². The molecular weight excluding hydrogens is 278 g/mol. The molecule has 0 radical (unpaired) electrons. The molecule has 0 spiro atoms. The molecule has 0 aliphatic heterocycles. The fourth-order valence-corrected chi connectivity index (χ4v) is 2.29. The minimum absolute atomic E-state index is 0.357. The molecule has 1 aromatic heterocycles. The molecule has 2 rings (SSSR count). The van der Waals surface area contributed by atoms with E-state index in [4.69, 9.17) is 4.74 Å². The summed E-state index contributed by atoms with van der Waals surface area (Å²) >= 11 is 0. The van der Waals surface area contributed by atoms with Gasteiger partial charge in [-0.25, -0.2) is 9.78 Å². The van der Waals surface area contributed by atoms with E-state index in [1.54, 1.807) is 0 Å². The lowest BCUT2D eigenvalue weighted by Gasteiger charge is -2.20. The Kier molecular flexibility index (Phi) is 4.74. The molecule has 5 nitrogen and oxygen atoms in total. The number of hydrogen-bond acceptors (Lipinski definition) is 3. The van der Waals surface area contributed by atoms with Gasteiger partial charge in [0.1, 0.15) is 11.4 Å². The number of hydrogen-bond donors (Lipinski definition) is 1. The Morgan fingerprint density at radius 3 is 2.64 bits per heavy atom. The number of ether oxygens (including phenoxy) is 1. The summed E-state index contributed by atoms with van der Waals surface area (Å²) in [4.78, 5) is 16.4. The number of alkyl carbamates (subject to hydrolysis) is 1. The molecule has 1 heterocycles. The molecule has 1 N–H and O–H groups in total. The second-order valence-electron chi connectivity index (χ2n) is 6.88. The van der Waals surface area contributed by atoms with Gasteiger partial charge in [0.15, 0.2) is 0 Å². The van der Waals surface area contributed by atoms with Gasteiger partial charge in [-0.15, -0.1) is 0 Å². The number of rotatable bonds is 4. The molecule has 0 fully saturated rings. The second kappa shape index (κ2) is 6.38. The first-order valence-electron chi connectivity index (χ1n) is 7.67. The van der Waals surface area contributed by atoms with Crippen LogP contribution in [0.1, 0.15) is 40.4 Å². The standard InChI is InChI=1S/C17H25N3O2/c1-12(2)11-20-14-9-7-6-8-13(14)19-15(20)10-18-16(21)22-17(3,4)5/h6-9,12H,10-11H2,1-5H3,(H,18,21). The topological polar surface area (TPSA) is 56.2 Å². The zero-order valence-electron chi connectivity index (χ0n) is 14.0. The number of nitrogens with one attached hydrogen (secondary N) is 1. The highest BCUT2D eigenvalue weighted by Crippen LogP contribution is 2.18. The number of benzene rings is 1. The third-order valence-corrected chi connectivity index (χ3v) is 3.07. The summed E-state index contributed by atoms with van der Waals surface area (Å²) in [6, 6.07) is 8.02. The maximum Gasteiger partial charge on any atom is 0.408 e. The lowest BCUT2D eigenvalue weighted by molar-refractivity contribution is 0.0521. The third-order valence-electron chi connectivity index (χ3n) is 3.07. The van der Waals surface area contributed by atoms with Crippen LogP contribution >= 0.6 is 0 Å². The Morgan fingerprint density at radius 1 is 1.32 bits per heavy atom. The predicted octanol–water partition coefficient (Wildman–Crippen LogP) is 3.72. The van der Waals surface area contributed by atoms with Crippen LogP contribution in [0.25, 0.3) is 11.0 Å². The molecule has 0 atom stereocenters. The summed E-state index contributed by atoms with van der Waals surface area (Å²) in [5.74, 6) is 1.35. The summed E-state index contributed by atoms with van der Waals surface area (Å²) < 4.78 is 7.43. The summed E-state index contributed by atoms with van der Waals surface area (Å²) in [5, 5.41) is 2.79. The van der Waals surface area contributed by atoms with Gasteiger partial charge < -0.3 is 14.6 Å². The highest BCUT2D eigenvalue weighted by molar-refractivity contribution is 5.76. The van der Waals surface area contributed by atoms with Crippen molar-refractivity contribution in [1.29, 1.82) is 0 Å². The number of fused-ring (bicyclic) bond motifs is 1. The van der Waals surface area contributed by atoms with Crippen LogP contribution in [0.15, 0.2) is 24.3 Å². The molecule has 1 aromatic carbocycles. The van der Waals surface area contributed by atoms with Crippen LogP contribution in [0.2, 0.25) is 0 Å². The first kappa shape index (κ1) is 16.3. The van der Waals surface area contributed by atoms with E-state index in [1.165, 1.54) is 0 Å². The molecule has 0 bridgehead atoms. The summed E-state index contributed by atoms with van der Waals surface area (Å²) in [6.45, 7) is 11.1. The number of carbonyl (C=O) groups is 1. The van der Waals surface area contributed by atoms with Gasteiger partial charge in [0, 0.05) is 6.54 Å². The van der Waals surface area contributed by atoms with Crippen LogP contribution in [0.4, 0.5) is 4.79 Å². The average molecular weight is 303 g/mol. The van der Waals surface area contributed by atoms with E-state index >= 15 is 0 Å². The van der Waals surface area contributed by atoms with Gasteiger partial charge in [-0.05, 0) is 38.8 Å². The van der Waals surface area contributed by atoms with Gasteiger partial charge in [0.2, 0.25) is 0 Å². The monoisotopic (exact) mass is 303 g/mol. The Balaban J connectivity index is 2.18. The lowest BCUT2D eigenvalue weighted by atomic mass is 10.2. The molecule has 120 valence electrons. The summed E-state index contributed by atoms with van der Waals surface area (Å²) in [7, 11) is 0. The first-order valence-corrected chi connectivity index (χ1v) is 7.67. The Hall–Kier alpha value is -2.04. The van der Waals surface area contributed by atoms with E-state index in [0.717, 1.165) is 23.4 Å². The van der Waals surface area contributed by atoms with Gasteiger partial charge >= 0.3 is 6.09 Å².